The predicted octanol–water partition coefficient (Wildman–Crippen LogP) is 2.67. The van der Waals surface area contributed by atoms with E-state index in [9.17, 15) is 14.4 Å². The van der Waals surface area contributed by atoms with E-state index in [0.717, 1.165) is 9.99 Å². The number of carbonyl (C=O) groups excluding carboxylic acids is 3. The lowest BCUT2D eigenvalue weighted by molar-refractivity contribution is -0.146. The lowest BCUT2D eigenvalue weighted by atomic mass is 9.63. The van der Waals surface area contributed by atoms with Crippen LogP contribution in [-0.2, 0) is 14.4 Å². The van der Waals surface area contributed by atoms with Crippen LogP contribution in [0, 0.1) is 39.1 Å². The zero-order valence-corrected chi connectivity index (χ0v) is 16.4. The minimum atomic E-state index is -0.796. The average molecular weight is 462 g/mol. The van der Waals surface area contributed by atoms with Crippen LogP contribution < -0.4 is 5.32 Å². The van der Waals surface area contributed by atoms with E-state index in [1.54, 1.807) is 6.92 Å². The van der Waals surface area contributed by atoms with Crippen LogP contribution >= 0.6 is 22.6 Å². The van der Waals surface area contributed by atoms with Gasteiger partial charge in [0.25, 0.3) is 0 Å². The van der Waals surface area contributed by atoms with Crippen molar-refractivity contribution in [3.05, 3.63) is 40.0 Å². The van der Waals surface area contributed by atoms with Gasteiger partial charge in [-0.05, 0) is 83.9 Å². The quantitative estimate of drug-likeness (QED) is 0.427. The van der Waals surface area contributed by atoms with Crippen LogP contribution in [0.25, 0.3) is 0 Å². The highest BCUT2D eigenvalue weighted by Crippen LogP contribution is 2.65. The van der Waals surface area contributed by atoms with Crippen molar-refractivity contribution < 1.29 is 14.4 Å². The molecule has 134 valence electrons. The molecule has 0 spiro atoms. The Labute approximate surface area is 165 Å². The van der Waals surface area contributed by atoms with Gasteiger partial charge in [0.05, 0.1) is 11.8 Å². The van der Waals surface area contributed by atoms with E-state index in [2.05, 4.69) is 40.1 Å². The fourth-order valence-electron chi connectivity index (χ4n) is 5.26. The summed E-state index contributed by atoms with van der Waals surface area (Å²) in [6.07, 6.45) is 5.43. The fraction of sp³-hybridized carbons (Fsp3) is 0.450. The number of imide groups is 1. The minimum Gasteiger partial charge on any atom is -0.324 e. The first-order chi connectivity index (χ1) is 12.5. The largest absolute Gasteiger partial charge is 0.324 e. The number of rotatable bonds is 3. The van der Waals surface area contributed by atoms with Crippen LogP contribution in [-0.4, -0.2) is 28.7 Å². The number of hydrogen-bond donors (Lipinski definition) is 1. The molecule has 5 nitrogen and oxygen atoms in total. The zero-order chi connectivity index (χ0) is 18.2. The van der Waals surface area contributed by atoms with Gasteiger partial charge < -0.3 is 5.32 Å². The number of hydrogen-bond acceptors (Lipinski definition) is 3. The molecule has 1 aromatic rings. The number of halogens is 1. The topological polar surface area (TPSA) is 66.5 Å². The van der Waals surface area contributed by atoms with Gasteiger partial charge in [-0.2, -0.15) is 0 Å². The molecule has 6 rings (SSSR count). The maximum atomic E-state index is 13.0. The van der Waals surface area contributed by atoms with Crippen molar-refractivity contribution >= 4 is 46.0 Å². The molecule has 3 fully saturated rings. The maximum absolute atomic E-state index is 13.0. The summed E-state index contributed by atoms with van der Waals surface area (Å²) in [4.78, 5) is 40.0. The van der Waals surface area contributed by atoms with E-state index in [1.165, 1.54) is 4.90 Å². The van der Waals surface area contributed by atoms with E-state index in [-0.39, 0.29) is 41.4 Å². The molecule has 0 aromatic heterocycles. The van der Waals surface area contributed by atoms with Gasteiger partial charge >= 0.3 is 0 Å². The van der Waals surface area contributed by atoms with Gasteiger partial charge in [0, 0.05) is 9.26 Å². The van der Waals surface area contributed by atoms with Gasteiger partial charge in [-0.25, -0.2) is 0 Å². The Morgan fingerprint density at radius 3 is 2.15 bits per heavy atom. The Hall–Kier alpha value is -1.70. The molecule has 2 bridgehead atoms. The Bertz CT molecular complexity index is 813. The molecule has 3 amide bonds. The summed E-state index contributed by atoms with van der Waals surface area (Å²) in [6.45, 7) is 1.64. The van der Waals surface area contributed by atoms with E-state index in [4.69, 9.17) is 0 Å². The normalized spacial score (nSPS) is 37.4. The highest BCUT2D eigenvalue weighted by Gasteiger charge is 2.67. The van der Waals surface area contributed by atoms with Gasteiger partial charge in [0.1, 0.15) is 6.04 Å². The molecular formula is C20H19IN2O3. The molecule has 1 heterocycles. The van der Waals surface area contributed by atoms with E-state index in [1.807, 2.05) is 24.3 Å². The standard InChI is InChI=1S/C20H19IN2O3/c1-9(18(24)22-11-4-2-10(21)3-5-11)23-19(25)16-12-6-7-13(15-8-14(12)15)17(16)20(23)26/h2-7,9,12-17H,8H2,1H3,(H,22,24)/t9-,12+,13+,14-,15+,16-,17-/m0/s1. The first-order valence-corrected chi connectivity index (χ1v) is 10.2. The summed E-state index contributed by atoms with van der Waals surface area (Å²) < 4.78 is 1.07. The molecule has 1 aromatic carbocycles. The predicted molar refractivity (Wildman–Crippen MR) is 104 cm³/mol. The highest BCUT2D eigenvalue weighted by molar-refractivity contribution is 14.1. The SMILES string of the molecule is C[C@@H](C(=O)Nc1ccc(I)cc1)N1C(=O)[C@H]2[C@@H]3C=C[C@H]([C@@H]4C[C@H]34)[C@@H]2C1=O. The molecule has 4 aliphatic carbocycles. The summed E-state index contributed by atoms with van der Waals surface area (Å²) in [5, 5.41) is 2.82. The maximum Gasteiger partial charge on any atom is 0.247 e. The van der Waals surface area contributed by atoms with Crippen molar-refractivity contribution in [1.82, 2.24) is 4.90 Å². The van der Waals surface area contributed by atoms with Gasteiger partial charge in [-0.1, -0.05) is 12.2 Å². The molecule has 7 atom stereocenters. The Morgan fingerprint density at radius 1 is 1.08 bits per heavy atom. The van der Waals surface area contributed by atoms with E-state index >= 15 is 0 Å². The second kappa shape index (κ2) is 5.65. The number of carbonyl (C=O) groups is 3. The summed E-state index contributed by atoms with van der Waals surface area (Å²) in [5.74, 6) is 0.357. The number of anilines is 1. The third-order valence-electron chi connectivity index (χ3n) is 6.58. The third-order valence-corrected chi connectivity index (χ3v) is 7.29. The number of allylic oxidation sites excluding steroid dienone is 2. The van der Waals surface area contributed by atoms with Crippen molar-refractivity contribution in [3.63, 3.8) is 0 Å². The van der Waals surface area contributed by atoms with Gasteiger partial charge in [0.15, 0.2) is 0 Å². The number of amides is 3. The lowest BCUT2D eigenvalue weighted by Crippen LogP contribution is -2.46. The monoisotopic (exact) mass is 462 g/mol. The van der Waals surface area contributed by atoms with Crippen LogP contribution in [0.5, 0.6) is 0 Å². The molecule has 2 saturated carbocycles. The molecule has 26 heavy (non-hydrogen) atoms. The number of likely N-dealkylation sites (tertiary alicyclic amines) is 1. The van der Waals surface area contributed by atoms with Crippen molar-refractivity contribution in [2.75, 3.05) is 5.32 Å². The lowest BCUT2D eigenvalue weighted by Gasteiger charge is -2.37. The fourth-order valence-corrected chi connectivity index (χ4v) is 5.62. The zero-order valence-electron chi connectivity index (χ0n) is 14.3. The Morgan fingerprint density at radius 2 is 1.62 bits per heavy atom. The average Bonchev–Trinajstić information content (AvgIpc) is 3.41. The van der Waals surface area contributed by atoms with Crippen molar-refractivity contribution in [2.24, 2.45) is 35.5 Å². The van der Waals surface area contributed by atoms with Crippen LogP contribution in [0.1, 0.15) is 13.3 Å². The first-order valence-electron chi connectivity index (χ1n) is 9.09. The van der Waals surface area contributed by atoms with Gasteiger partial charge in [0.2, 0.25) is 17.7 Å². The smallest absolute Gasteiger partial charge is 0.247 e. The summed E-state index contributed by atoms with van der Waals surface area (Å²) in [7, 11) is 0. The summed E-state index contributed by atoms with van der Waals surface area (Å²) >= 11 is 2.20. The molecule has 1 saturated heterocycles. The van der Waals surface area contributed by atoms with Gasteiger partial charge in [-0.3, -0.25) is 19.3 Å². The molecule has 1 N–H and O–H groups in total. The molecule has 1 aliphatic heterocycles. The number of benzene rings is 1. The van der Waals surface area contributed by atoms with E-state index < -0.39 is 6.04 Å². The highest BCUT2D eigenvalue weighted by atomic mass is 127. The second-order valence-electron chi connectivity index (χ2n) is 7.87. The molecule has 5 aliphatic rings. The van der Waals surface area contributed by atoms with Crippen LogP contribution in [0.4, 0.5) is 5.69 Å². The van der Waals surface area contributed by atoms with Crippen molar-refractivity contribution in [1.29, 1.82) is 0 Å². The third kappa shape index (κ3) is 2.23. The molecule has 0 radical (unpaired) electrons. The van der Waals surface area contributed by atoms with Crippen LogP contribution in [0.3, 0.4) is 0 Å². The van der Waals surface area contributed by atoms with Crippen molar-refractivity contribution in [3.8, 4) is 0 Å². The molecular weight excluding hydrogens is 443 g/mol. The summed E-state index contributed by atoms with van der Waals surface area (Å²) in [5.41, 5.74) is 0.668. The van der Waals surface area contributed by atoms with Crippen molar-refractivity contribution in [2.45, 2.75) is 19.4 Å². The number of nitrogens with one attached hydrogen (secondary N) is 1. The minimum absolute atomic E-state index is 0.157. The Balaban J connectivity index is 1.37. The van der Waals surface area contributed by atoms with Crippen LogP contribution in [0.15, 0.2) is 36.4 Å². The summed E-state index contributed by atoms with van der Waals surface area (Å²) in [6, 6.07) is 6.64. The molecule has 6 heteroatoms. The van der Waals surface area contributed by atoms with Gasteiger partial charge in [-0.15, -0.1) is 0 Å². The first kappa shape index (κ1) is 16.5. The number of nitrogens with zero attached hydrogens (tertiary/aromatic N) is 1. The molecule has 0 unspecified atom stereocenters. The Kier molecular flexibility index (Phi) is 3.58. The second-order valence-corrected chi connectivity index (χ2v) is 9.12. The van der Waals surface area contributed by atoms with Crippen LogP contribution in [0.2, 0.25) is 0 Å². The van der Waals surface area contributed by atoms with E-state index in [0.29, 0.717) is 17.5 Å².